The number of pyridine rings is 1. The van der Waals surface area contributed by atoms with Crippen LogP contribution in [0, 0.1) is 0 Å². The van der Waals surface area contributed by atoms with Crippen molar-refractivity contribution in [2.24, 2.45) is 0 Å². The second kappa shape index (κ2) is 7.09. The zero-order valence-corrected chi connectivity index (χ0v) is 14.4. The minimum atomic E-state index is -0.193. The summed E-state index contributed by atoms with van der Waals surface area (Å²) in [5, 5.41) is 4.17. The van der Waals surface area contributed by atoms with E-state index < -0.39 is 0 Å². The van der Waals surface area contributed by atoms with Gasteiger partial charge in [0.25, 0.3) is 5.56 Å². The molecular formula is C18H19N5O3. The highest BCUT2D eigenvalue weighted by Crippen LogP contribution is 2.35. The molecule has 1 fully saturated rings. The molecule has 8 heteroatoms. The molecule has 26 heavy (non-hydrogen) atoms. The summed E-state index contributed by atoms with van der Waals surface area (Å²) in [7, 11) is 1.58. The Labute approximate surface area is 149 Å². The Morgan fingerprint density at radius 2 is 2.35 bits per heavy atom. The minimum Gasteiger partial charge on any atom is -0.378 e. The first-order valence-electron chi connectivity index (χ1n) is 8.47. The molecule has 4 heterocycles. The van der Waals surface area contributed by atoms with Crippen molar-refractivity contribution >= 4 is 5.95 Å². The molecule has 4 rings (SSSR count). The maximum Gasteiger partial charge on any atom is 0.252 e. The molecule has 1 N–H and O–H groups in total. The molecular weight excluding hydrogens is 334 g/mol. The number of nitrogens with zero attached hydrogens (tertiary/aromatic N) is 4. The molecule has 1 unspecified atom stereocenters. The predicted octanol–water partition coefficient (Wildman–Crippen LogP) is 2.31. The van der Waals surface area contributed by atoms with E-state index in [1.54, 1.807) is 19.5 Å². The number of rotatable bonds is 5. The van der Waals surface area contributed by atoms with E-state index in [0.29, 0.717) is 18.2 Å². The summed E-state index contributed by atoms with van der Waals surface area (Å²) in [6.45, 7) is 1.08. The molecule has 1 saturated heterocycles. The van der Waals surface area contributed by atoms with Gasteiger partial charge in [0.05, 0.1) is 18.3 Å². The maximum absolute atomic E-state index is 12.0. The van der Waals surface area contributed by atoms with E-state index in [4.69, 9.17) is 9.26 Å². The molecule has 0 aromatic carbocycles. The zero-order valence-electron chi connectivity index (χ0n) is 14.4. The van der Waals surface area contributed by atoms with E-state index in [2.05, 4.69) is 20.1 Å². The summed E-state index contributed by atoms with van der Waals surface area (Å²) in [5.74, 6) is 1.28. The Morgan fingerprint density at radius 1 is 1.42 bits per heavy atom. The SMILES string of the molecule is COCc1cc(=O)[nH]c(N2CCCC2c2cc(-c3cccnc3)no2)n1. The maximum atomic E-state index is 12.0. The highest BCUT2D eigenvalue weighted by Gasteiger charge is 2.31. The van der Waals surface area contributed by atoms with E-state index in [1.165, 1.54) is 6.07 Å². The third-order valence-corrected chi connectivity index (χ3v) is 4.41. The minimum absolute atomic E-state index is 0.0196. The number of aromatic amines is 1. The number of H-pyrrole nitrogens is 1. The standard InChI is InChI=1S/C18H19N5O3/c1-25-11-13-8-17(24)21-18(20-13)23-7-3-5-15(23)16-9-14(22-26-16)12-4-2-6-19-10-12/h2,4,6,8-10,15H,3,5,7,11H2,1H3,(H,20,21,24). The van der Waals surface area contributed by atoms with Gasteiger partial charge < -0.3 is 14.2 Å². The first-order valence-corrected chi connectivity index (χ1v) is 8.47. The third-order valence-electron chi connectivity index (χ3n) is 4.41. The molecule has 0 radical (unpaired) electrons. The largest absolute Gasteiger partial charge is 0.378 e. The summed E-state index contributed by atoms with van der Waals surface area (Å²) in [6.07, 6.45) is 5.35. The topological polar surface area (TPSA) is 97.1 Å². The van der Waals surface area contributed by atoms with Gasteiger partial charge in [-0.05, 0) is 25.0 Å². The molecule has 8 nitrogen and oxygen atoms in total. The van der Waals surface area contributed by atoms with Crippen molar-refractivity contribution < 1.29 is 9.26 Å². The van der Waals surface area contributed by atoms with Crippen molar-refractivity contribution in [2.45, 2.75) is 25.5 Å². The van der Waals surface area contributed by atoms with Crippen LogP contribution < -0.4 is 10.5 Å². The van der Waals surface area contributed by atoms with Gasteiger partial charge in [0, 0.05) is 43.7 Å². The molecule has 0 spiro atoms. The molecule has 0 aliphatic carbocycles. The fourth-order valence-electron chi connectivity index (χ4n) is 3.26. The summed E-state index contributed by atoms with van der Waals surface area (Å²) in [4.78, 5) is 25.5. The number of ether oxygens (including phenoxy) is 1. The Morgan fingerprint density at radius 3 is 3.15 bits per heavy atom. The molecule has 0 bridgehead atoms. The van der Waals surface area contributed by atoms with Gasteiger partial charge in [-0.25, -0.2) is 4.98 Å². The Bertz CT molecular complexity index is 937. The number of methoxy groups -OCH3 is 1. The normalized spacial score (nSPS) is 17.0. The van der Waals surface area contributed by atoms with E-state index in [9.17, 15) is 4.79 Å². The van der Waals surface area contributed by atoms with E-state index in [0.717, 1.165) is 36.4 Å². The van der Waals surface area contributed by atoms with Crippen LogP contribution in [-0.2, 0) is 11.3 Å². The van der Waals surface area contributed by atoms with Crippen molar-refractivity contribution in [3.05, 3.63) is 58.5 Å². The molecule has 1 aliphatic rings. The molecule has 3 aromatic rings. The van der Waals surface area contributed by atoms with Crippen molar-refractivity contribution in [1.29, 1.82) is 0 Å². The van der Waals surface area contributed by atoms with Gasteiger partial charge in [-0.3, -0.25) is 14.8 Å². The predicted molar refractivity (Wildman–Crippen MR) is 94.6 cm³/mol. The lowest BCUT2D eigenvalue weighted by Gasteiger charge is -2.23. The first kappa shape index (κ1) is 16.5. The Balaban J connectivity index is 1.63. The van der Waals surface area contributed by atoms with Crippen molar-refractivity contribution in [1.82, 2.24) is 20.1 Å². The number of nitrogens with one attached hydrogen (secondary N) is 1. The van der Waals surface area contributed by atoms with E-state index in [-0.39, 0.29) is 11.6 Å². The molecule has 0 saturated carbocycles. The average Bonchev–Trinajstić information content (AvgIpc) is 3.31. The van der Waals surface area contributed by atoms with Crippen LogP contribution in [0.25, 0.3) is 11.3 Å². The molecule has 1 atom stereocenters. The summed E-state index contributed by atoms with van der Waals surface area (Å²) < 4.78 is 10.7. The lowest BCUT2D eigenvalue weighted by atomic mass is 10.1. The lowest BCUT2D eigenvalue weighted by molar-refractivity contribution is 0.181. The fourth-order valence-corrected chi connectivity index (χ4v) is 3.26. The van der Waals surface area contributed by atoms with Gasteiger partial charge in [0.1, 0.15) is 5.69 Å². The van der Waals surface area contributed by atoms with Crippen LogP contribution in [0.2, 0.25) is 0 Å². The quantitative estimate of drug-likeness (QED) is 0.751. The highest BCUT2D eigenvalue weighted by atomic mass is 16.5. The van der Waals surface area contributed by atoms with Crippen LogP contribution in [0.3, 0.4) is 0 Å². The van der Waals surface area contributed by atoms with Gasteiger partial charge in [0.15, 0.2) is 5.76 Å². The van der Waals surface area contributed by atoms with E-state index >= 15 is 0 Å². The van der Waals surface area contributed by atoms with Crippen molar-refractivity contribution in [3.63, 3.8) is 0 Å². The fraction of sp³-hybridized carbons (Fsp3) is 0.333. The summed E-state index contributed by atoms with van der Waals surface area (Å²) in [6, 6.07) is 7.16. The van der Waals surface area contributed by atoms with E-state index in [1.807, 2.05) is 23.1 Å². The Hall–Kier alpha value is -3.00. The number of anilines is 1. The van der Waals surface area contributed by atoms with Crippen LogP contribution in [0.15, 0.2) is 46.0 Å². The number of aromatic nitrogens is 4. The van der Waals surface area contributed by atoms with Gasteiger partial charge in [-0.1, -0.05) is 5.16 Å². The second-order valence-electron chi connectivity index (χ2n) is 6.20. The smallest absolute Gasteiger partial charge is 0.252 e. The van der Waals surface area contributed by atoms with Crippen LogP contribution >= 0.6 is 0 Å². The van der Waals surface area contributed by atoms with Gasteiger partial charge >= 0.3 is 0 Å². The molecule has 3 aromatic heterocycles. The van der Waals surface area contributed by atoms with Gasteiger partial charge in [-0.15, -0.1) is 0 Å². The second-order valence-corrected chi connectivity index (χ2v) is 6.20. The van der Waals surface area contributed by atoms with Gasteiger partial charge in [0.2, 0.25) is 5.95 Å². The average molecular weight is 353 g/mol. The Kier molecular flexibility index (Phi) is 4.49. The number of hydrogen-bond acceptors (Lipinski definition) is 7. The molecule has 1 aliphatic heterocycles. The van der Waals surface area contributed by atoms with Crippen LogP contribution in [0.5, 0.6) is 0 Å². The van der Waals surface area contributed by atoms with Gasteiger partial charge in [-0.2, -0.15) is 0 Å². The number of hydrogen-bond donors (Lipinski definition) is 1. The molecule has 0 amide bonds. The van der Waals surface area contributed by atoms with Crippen molar-refractivity contribution in [3.8, 4) is 11.3 Å². The van der Waals surface area contributed by atoms with Crippen LogP contribution in [-0.4, -0.2) is 33.8 Å². The molecule has 134 valence electrons. The van der Waals surface area contributed by atoms with Crippen LogP contribution in [0.4, 0.5) is 5.95 Å². The first-order chi connectivity index (χ1) is 12.7. The summed E-state index contributed by atoms with van der Waals surface area (Å²) in [5.41, 5.74) is 2.06. The highest BCUT2D eigenvalue weighted by molar-refractivity contribution is 5.57. The van der Waals surface area contributed by atoms with Crippen LogP contribution in [0.1, 0.15) is 30.3 Å². The zero-order chi connectivity index (χ0) is 17.9. The van der Waals surface area contributed by atoms with Crippen molar-refractivity contribution in [2.75, 3.05) is 18.6 Å². The third kappa shape index (κ3) is 3.23. The monoisotopic (exact) mass is 353 g/mol. The summed E-state index contributed by atoms with van der Waals surface area (Å²) >= 11 is 0. The lowest BCUT2D eigenvalue weighted by Crippen LogP contribution is -2.27.